The molecule has 0 aliphatic rings. The van der Waals surface area contributed by atoms with Crippen LogP contribution in [0.2, 0.25) is 0 Å². The Morgan fingerprint density at radius 3 is 1.29 bits per heavy atom. The number of aliphatic hydroxyl groups is 2. The van der Waals surface area contributed by atoms with Crippen molar-refractivity contribution < 1.29 is 38.9 Å². The van der Waals surface area contributed by atoms with E-state index in [1.54, 1.807) is 0 Å². The SMILES string of the molecule is O=P(O)(O)C(N(CO)CO)P(=O)(O)O. The summed E-state index contributed by atoms with van der Waals surface area (Å²) in [6.07, 6.45) is 0. The van der Waals surface area contributed by atoms with Crippen LogP contribution in [0.1, 0.15) is 0 Å². The Hall–Kier alpha value is 0.180. The van der Waals surface area contributed by atoms with Gasteiger partial charge in [-0.25, -0.2) is 4.90 Å². The second kappa shape index (κ2) is 4.80. The van der Waals surface area contributed by atoms with Crippen molar-refractivity contribution in [3.63, 3.8) is 0 Å². The molecule has 9 nitrogen and oxygen atoms in total. The minimum absolute atomic E-state index is 0.168. The van der Waals surface area contributed by atoms with Gasteiger partial charge in [0.05, 0.1) is 13.5 Å². The lowest BCUT2D eigenvalue weighted by Crippen LogP contribution is -2.36. The number of hydrogen-bond donors (Lipinski definition) is 6. The molecule has 0 amide bonds. The maximum absolute atomic E-state index is 10.7. The average Bonchev–Trinajstić information content (AvgIpc) is 1.94. The van der Waals surface area contributed by atoms with E-state index in [1.165, 1.54) is 0 Å². The number of rotatable bonds is 5. The molecule has 0 spiro atoms. The summed E-state index contributed by atoms with van der Waals surface area (Å²) < 4.78 is 21.4. The van der Waals surface area contributed by atoms with Crippen molar-refractivity contribution in [3.8, 4) is 0 Å². The van der Waals surface area contributed by atoms with Gasteiger partial charge in [0.2, 0.25) is 5.52 Å². The second-order valence-electron chi connectivity index (χ2n) is 2.40. The Kier molecular flexibility index (Phi) is 4.86. The van der Waals surface area contributed by atoms with Crippen LogP contribution in [-0.4, -0.2) is 53.7 Å². The molecule has 86 valence electrons. The molecule has 0 atom stereocenters. The van der Waals surface area contributed by atoms with Crippen LogP contribution >= 0.6 is 15.2 Å². The Morgan fingerprint density at radius 1 is 0.929 bits per heavy atom. The van der Waals surface area contributed by atoms with E-state index in [2.05, 4.69) is 0 Å². The second-order valence-corrected chi connectivity index (χ2v) is 6.14. The first-order valence-corrected chi connectivity index (χ1v) is 6.57. The average molecular weight is 251 g/mol. The van der Waals surface area contributed by atoms with E-state index in [0.29, 0.717) is 0 Å². The predicted molar refractivity (Wildman–Crippen MR) is 43.9 cm³/mol. The third-order valence-corrected chi connectivity index (χ3v) is 4.95. The zero-order chi connectivity index (χ0) is 11.6. The van der Waals surface area contributed by atoms with Gasteiger partial charge in [0.15, 0.2) is 0 Å². The summed E-state index contributed by atoms with van der Waals surface area (Å²) >= 11 is 0. The fourth-order valence-corrected chi connectivity index (χ4v) is 3.52. The molecule has 0 rings (SSSR count). The van der Waals surface area contributed by atoms with Crippen molar-refractivity contribution in [3.05, 3.63) is 0 Å². The third kappa shape index (κ3) is 3.74. The van der Waals surface area contributed by atoms with E-state index in [-0.39, 0.29) is 4.90 Å². The minimum Gasteiger partial charge on any atom is -0.381 e. The molecule has 0 aliphatic heterocycles. The van der Waals surface area contributed by atoms with Crippen molar-refractivity contribution in [1.29, 1.82) is 0 Å². The monoisotopic (exact) mass is 251 g/mol. The fraction of sp³-hybridized carbons (Fsp3) is 1.00. The zero-order valence-corrected chi connectivity index (χ0v) is 8.62. The van der Waals surface area contributed by atoms with Crippen LogP contribution in [0.4, 0.5) is 0 Å². The minimum atomic E-state index is -5.14. The largest absolute Gasteiger partial charge is 0.381 e. The summed E-state index contributed by atoms with van der Waals surface area (Å²) in [5, 5.41) is 17.0. The van der Waals surface area contributed by atoms with Crippen molar-refractivity contribution in [2.24, 2.45) is 0 Å². The Bertz CT molecular complexity index is 242. The van der Waals surface area contributed by atoms with Crippen LogP contribution < -0.4 is 0 Å². The molecule has 0 fully saturated rings. The Balaban J connectivity index is 5.12. The molecule has 0 unspecified atom stereocenters. The lowest BCUT2D eigenvalue weighted by atomic mass is 10.9. The van der Waals surface area contributed by atoms with Gasteiger partial charge in [-0.15, -0.1) is 0 Å². The summed E-state index contributed by atoms with van der Waals surface area (Å²) in [6, 6.07) is 0. The van der Waals surface area contributed by atoms with E-state index >= 15 is 0 Å². The highest BCUT2D eigenvalue weighted by atomic mass is 31.2. The molecule has 0 radical (unpaired) electrons. The van der Waals surface area contributed by atoms with E-state index in [4.69, 9.17) is 29.8 Å². The molecule has 0 saturated carbocycles. The normalized spacial score (nSPS) is 14.0. The molecule has 0 aromatic carbocycles. The Labute approximate surface area is 78.9 Å². The van der Waals surface area contributed by atoms with Crippen molar-refractivity contribution in [2.45, 2.75) is 5.52 Å². The highest BCUT2D eigenvalue weighted by molar-refractivity contribution is 7.70. The van der Waals surface area contributed by atoms with E-state index < -0.39 is 34.2 Å². The third-order valence-electron chi connectivity index (χ3n) is 1.29. The van der Waals surface area contributed by atoms with E-state index in [9.17, 15) is 9.13 Å². The molecule has 6 N–H and O–H groups in total. The smallest absolute Gasteiger partial charge is 0.355 e. The summed E-state index contributed by atoms with van der Waals surface area (Å²) in [5.74, 6) is 0. The maximum atomic E-state index is 10.7. The topological polar surface area (TPSA) is 159 Å². The van der Waals surface area contributed by atoms with Gasteiger partial charge in [0.1, 0.15) is 0 Å². The zero-order valence-electron chi connectivity index (χ0n) is 6.83. The molecule has 11 heteroatoms. The molecule has 0 bridgehead atoms. The standard InChI is InChI=1S/C3H11NO8P2/c5-1-4(2-6)3(13(7,8)9)14(10,11)12/h3,5-6H,1-2H2,(H2,7,8,9)(H2,10,11,12). The molecule has 0 aliphatic carbocycles. The van der Waals surface area contributed by atoms with Gasteiger partial charge in [-0.3, -0.25) is 9.13 Å². The van der Waals surface area contributed by atoms with Gasteiger partial charge in [-0.2, -0.15) is 0 Å². The quantitative estimate of drug-likeness (QED) is 0.236. The molecule has 14 heavy (non-hydrogen) atoms. The van der Waals surface area contributed by atoms with Crippen LogP contribution in [0.3, 0.4) is 0 Å². The van der Waals surface area contributed by atoms with Crippen molar-refractivity contribution in [2.75, 3.05) is 13.5 Å². The summed E-state index contributed by atoms with van der Waals surface area (Å²) in [7, 11) is -10.3. The van der Waals surface area contributed by atoms with Crippen LogP contribution in [-0.2, 0) is 9.13 Å². The van der Waals surface area contributed by atoms with Gasteiger partial charge >= 0.3 is 15.2 Å². The van der Waals surface area contributed by atoms with Crippen molar-refractivity contribution in [1.82, 2.24) is 4.90 Å². The van der Waals surface area contributed by atoms with Crippen LogP contribution in [0, 0.1) is 0 Å². The molecule has 0 heterocycles. The summed E-state index contributed by atoms with van der Waals surface area (Å²) in [6.45, 7) is -2.17. The van der Waals surface area contributed by atoms with E-state index in [0.717, 1.165) is 0 Å². The lowest BCUT2D eigenvalue weighted by Gasteiger charge is -2.28. The highest BCUT2D eigenvalue weighted by Crippen LogP contribution is 2.60. The fourth-order valence-electron chi connectivity index (χ4n) is 0.812. The summed E-state index contributed by atoms with van der Waals surface area (Å²) in [5.41, 5.74) is -2.52. The lowest BCUT2D eigenvalue weighted by molar-refractivity contribution is 0.0245. The van der Waals surface area contributed by atoms with Gasteiger partial charge in [-0.1, -0.05) is 0 Å². The van der Waals surface area contributed by atoms with Crippen LogP contribution in [0.15, 0.2) is 0 Å². The highest BCUT2D eigenvalue weighted by Gasteiger charge is 2.47. The molecular formula is C3H11NO8P2. The number of hydrogen-bond acceptors (Lipinski definition) is 5. The van der Waals surface area contributed by atoms with Gasteiger partial charge in [0, 0.05) is 0 Å². The summed E-state index contributed by atoms with van der Waals surface area (Å²) in [4.78, 5) is 34.6. The molecule has 0 aromatic heterocycles. The van der Waals surface area contributed by atoms with Crippen LogP contribution in [0.5, 0.6) is 0 Å². The first-order chi connectivity index (χ1) is 6.14. The molecule has 0 saturated heterocycles. The number of aliphatic hydroxyl groups excluding tert-OH is 2. The van der Waals surface area contributed by atoms with Gasteiger partial charge < -0.3 is 29.8 Å². The van der Waals surface area contributed by atoms with Gasteiger partial charge in [0.25, 0.3) is 0 Å². The van der Waals surface area contributed by atoms with E-state index in [1.807, 2.05) is 0 Å². The van der Waals surface area contributed by atoms with Crippen molar-refractivity contribution >= 4 is 15.2 Å². The van der Waals surface area contributed by atoms with Gasteiger partial charge in [-0.05, 0) is 0 Å². The molecular weight excluding hydrogens is 240 g/mol. The number of nitrogens with zero attached hydrogens (tertiary/aromatic N) is 1. The first-order valence-electron chi connectivity index (χ1n) is 3.20. The van der Waals surface area contributed by atoms with Crippen LogP contribution in [0.25, 0.3) is 0 Å². The Morgan fingerprint density at radius 2 is 1.21 bits per heavy atom. The maximum Gasteiger partial charge on any atom is 0.355 e. The predicted octanol–water partition coefficient (Wildman–Crippen LogP) is -2.17. The molecule has 0 aromatic rings. The first kappa shape index (κ1) is 14.2.